The number of hydrogen-bond donors (Lipinski definition) is 5. The van der Waals surface area contributed by atoms with E-state index < -0.39 is 11.5 Å². The van der Waals surface area contributed by atoms with Gasteiger partial charge >= 0.3 is 0 Å². The van der Waals surface area contributed by atoms with Crippen LogP contribution in [0.2, 0.25) is 5.02 Å². The molecule has 1 aromatic heterocycles. The van der Waals surface area contributed by atoms with Gasteiger partial charge in [-0.1, -0.05) is 43.0 Å². The Morgan fingerprint density at radius 2 is 1.84 bits per heavy atom. The number of nitrogens with two attached hydrogens (primary N) is 1. The summed E-state index contributed by atoms with van der Waals surface area (Å²) in [6.45, 7) is 0. The normalized spacial score (nSPS) is 17.7. The Kier molecular flexibility index (Phi) is 8.26. The van der Waals surface area contributed by atoms with Crippen molar-refractivity contribution < 1.29 is 15.0 Å². The summed E-state index contributed by atoms with van der Waals surface area (Å²) in [5.74, 6) is -0.424. The average Bonchev–Trinajstić information content (AvgIpc) is 3.73. The number of fused-ring (bicyclic) bond motifs is 1. The van der Waals surface area contributed by atoms with E-state index in [0.717, 1.165) is 38.5 Å². The van der Waals surface area contributed by atoms with Crippen LogP contribution in [-0.2, 0) is 5.72 Å². The van der Waals surface area contributed by atoms with Gasteiger partial charge in [-0.25, -0.2) is 4.39 Å². The zero-order valence-corrected chi connectivity index (χ0v) is 21.7. The largest absolute Gasteiger partial charge is 0.412 e. The summed E-state index contributed by atoms with van der Waals surface area (Å²) in [7, 11) is 0. The average molecular weight is 539 g/mol. The number of hydrogen-bond acceptors (Lipinski definition) is 7. The molecule has 3 aromatic rings. The van der Waals surface area contributed by atoms with Gasteiger partial charge in [0.25, 0.3) is 0 Å². The minimum atomic E-state index is -1.86. The number of nitrogens with one attached hydrogen (secondary N) is 3. The lowest BCUT2D eigenvalue weighted by atomic mass is 9.94. The molecular formula is C28H32ClFN6O2. The number of nitriles is 1. The van der Waals surface area contributed by atoms with Crippen LogP contribution in [-0.4, -0.2) is 27.7 Å². The molecule has 2 aliphatic rings. The fraction of sp³-hybridized carbons (Fsp3) is 0.357. The minimum Gasteiger partial charge on any atom is -0.412 e. The molecular weight excluding hydrogens is 507 g/mol. The quantitative estimate of drug-likeness (QED) is 0.262. The van der Waals surface area contributed by atoms with E-state index in [-0.39, 0.29) is 17.2 Å². The van der Waals surface area contributed by atoms with Gasteiger partial charge < -0.3 is 32.3 Å². The van der Waals surface area contributed by atoms with Crippen molar-refractivity contribution in [1.29, 1.82) is 5.26 Å². The fourth-order valence-electron chi connectivity index (χ4n) is 4.80. The maximum atomic E-state index is 13.7. The number of aromatic nitrogens is 1. The van der Waals surface area contributed by atoms with E-state index in [9.17, 15) is 14.8 Å². The lowest BCUT2D eigenvalue weighted by Gasteiger charge is -2.32. The van der Waals surface area contributed by atoms with Gasteiger partial charge in [0.15, 0.2) is 0 Å². The van der Waals surface area contributed by atoms with Crippen LogP contribution >= 0.6 is 11.6 Å². The highest BCUT2D eigenvalue weighted by Crippen LogP contribution is 2.37. The first-order valence-electron chi connectivity index (χ1n) is 12.6. The number of pyridine rings is 1. The van der Waals surface area contributed by atoms with Gasteiger partial charge in [-0.2, -0.15) is 5.26 Å². The third-order valence-corrected chi connectivity index (χ3v) is 7.34. The molecule has 0 aliphatic heterocycles. The molecule has 10 heteroatoms. The van der Waals surface area contributed by atoms with E-state index in [4.69, 9.17) is 17.3 Å². The van der Waals surface area contributed by atoms with E-state index >= 15 is 0 Å². The molecule has 0 radical (unpaired) electrons. The standard InChI is InChI=1S/C28H30ClFN6O.H2O/c29-24-13-22(12-23-26(17(14-31)15-34-27(23)24)35-21-4-2-1-3-5-21)36-28(37,18-6-8-19(30)9-7-18)25(32)16-33-20-10-11-20;/h6-9,12-13,15-16,20-21,33,36-37H,1-5,10-11,32H2,(H,34,35);1H2/b25-16-;. The number of rotatable bonds is 8. The molecule has 2 aliphatic carbocycles. The highest BCUT2D eigenvalue weighted by Gasteiger charge is 2.34. The third-order valence-electron chi connectivity index (χ3n) is 7.06. The Balaban J connectivity index is 0.00000336. The Hall–Kier alpha value is -3.58. The van der Waals surface area contributed by atoms with Crippen molar-refractivity contribution in [2.75, 3.05) is 10.6 Å². The number of anilines is 2. The molecule has 2 aromatic carbocycles. The van der Waals surface area contributed by atoms with Gasteiger partial charge in [0.1, 0.15) is 11.9 Å². The van der Waals surface area contributed by atoms with E-state index in [2.05, 4.69) is 27.0 Å². The van der Waals surface area contributed by atoms with Crippen molar-refractivity contribution in [3.05, 3.63) is 76.5 Å². The molecule has 5 rings (SSSR count). The maximum Gasteiger partial charge on any atom is 0.205 e. The molecule has 0 bridgehead atoms. The molecule has 0 amide bonds. The topological polar surface area (TPSA) is 151 Å². The predicted molar refractivity (Wildman–Crippen MR) is 148 cm³/mol. The van der Waals surface area contributed by atoms with Gasteiger partial charge in [0.2, 0.25) is 5.72 Å². The highest BCUT2D eigenvalue weighted by atomic mass is 35.5. The number of nitrogens with zero attached hydrogens (tertiary/aromatic N) is 2. The maximum absolute atomic E-state index is 13.7. The van der Waals surface area contributed by atoms with E-state index in [1.54, 1.807) is 18.3 Å². The predicted octanol–water partition coefficient (Wildman–Crippen LogP) is 4.63. The summed E-state index contributed by atoms with van der Waals surface area (Å²) in [5.41, 5.74) is 7.13. The second kappa shape index (κ2) is 11.4. The summed E-state index contributed by atoms with van der Waals surface area (Å²) >= 11 is 6.66. The van der Waals surface area contributed by atoms with Crippen LogP contribution in [0.5, 0.6) is 0 Å². The molecule has 200 valence electrons. The fourth-order valence-corrected chi connectivity index (χ4v) is 5.06. The van der Waals surface area contributed by atoms with Crippen molar-refractivity contribution in [2.24, 2.45) is 5.73 Å². The molecule has 38 heavy (non-hydrogen) atoms. The lowest BCUT2D eigenvalue weighted by molar-refractivity contribution is 0.105. The minimum absolute atomic E-state index is 0. The molecule has 8 N–H and O–H groups in total. The Labute approximate surface area is 226 Å². The van der Waals surface area contributed by atoms with Crippen molar-refractivity contribution in [3.8, 4) is 6.07 Å². The van der Waals surface area contributed by atoms with E-state index in [1.165, 1.54) is 36.9 Å². The number of aliphatic hydroxyl groups is 1. The zero-order valence-electron chi connectivity index (χ0n) is 20.9. The molecule has 2 saturated carbocycles. The van der Waals surface area contributed by atoms with Crippen molar-refractivity contribution in [1.82, 2.24) is 10.3 Å². The van der Waals surface area contributed by atoms with Crippen LogP contribution in [0.15, 0.2) is 54.5 Å². The van der Waals surface area contributed by atoms with Crippen molar-refractivity contribution >= 4 is 33.9 Å². The zero-order chi connectivity index (χ0) is 26.0. The summed E-state index contributed by atoms with van der Waals surface area (Å²) in [6.07, 6.45) is 10.7. The van der Waals surface area contributed by atoms with Crippen LogP contribution in [0, 0.1) is 17.1 Å². The summed E-state index contributed by atoms with van der Waals surface area (Å²) in [4.78, 5) is 4.43. The summed E-state index contributed by atoms with van der Waals surface area (Å²) in [6, 6.07) is 11.8. The Morgan fingerprint density at radius 3 is 2.50 bits per heavy atom. The molecule has 1 unspecified atom stereocenters. The Morgan fingerprint density at radius 1 is 1.13 bits per heavy atom. The van der Waals surface area contributed by atoms with E-state index in [0.29, 0.717) is 44.5 Å². The van der Waals surface area contributed by atoms with Gasteiger partial charge in [-0.15, -0.1) is 0 Å². The molecule has 1 atom stereocenters. The first-order valence-corrected chi connectivity index (χ1v) is 13.0. The van der Waals surface area contributed by atoms with Crippen LogP contribution in [0.3, 0.4) is 0 Å². The number of halogens is 2. The Bertz CT molecular complexity index is 1370. The smallest absolute Gasteiger partial charge is 0.205 e. The van der Waals surface area contributed by atoms with Gasteiger partial charge in [-0.05, 0) is 49.9 Å². The third kappa shape index (κ3) is 5.78. The number of benzene rings is 2. The van der Waals surface area contributed by atoms with Gasteiger partial charge in [0.05, 0.1) is 27.5 Å². The summed E-state index contributed by atoms with van der Waals surface area (Å²) < 4.78 is 13.7. The lowest BCUT2D eigenvalue weighted by Crippen LogP contribution is -2.41. The highest BCUT2D eigenvalue weighted by molar-refractivity contribution is 6.35. The van der Waals surface area contributed by atoms with Crippen LogP contribution < -0.4 is 21.7 Å². The first kappa shape index (κ1) is 27.5. The van der Waals surface area contributed by atoms with E-state index in [1.807, 2.05) is 0 Å². The SMILES string of the molecule is N#Cc1cnc2c(Cl)cc(NC(O)(/C(N)=C/NC3CC3)c3ccc(F)cc3)cc2c1NC1CCCCC1.O. The molecule has 0 saturated heterocycles. The molecule has 2 fully saturated rings. The van der Waals surface area contributed by atoms with Gasteiger partial charge in [-0.3, -0.25) is 4.98 Å². The summed E-state index contributed by atoms with van der Waals surface area (Å²) in [5, 5.41) is 32.5. The monoisotopic (exact) mass is 538 g/mol. The van der Waals surface area contributed by atoms with Crippen molar-refractivity contribution in [2.45, 2.75) is 62.8 Å². The second-order valence-electron chi connectivity index (χ2n) is 9.88. The molecule has 1 heterocycles. The van der Waals surface area contributed by atoms with Crippen LogP contribution in [0.1, 0.15) is 56.1 Å². The first-order chi connectivity index (χ1) is 17.9. The van der Waals surface area contributed by atoms with Crippen molar-refractivity contribution in [3.63, 3.8) is 0 Å². The molecule has 0 spiro atoms. The second-order valence-corrected chi connectivity index (χ2v) is 10.3. The van der Waals surface area contributed by atoms with Gasteiger partial charge in [0, 0.05) is 41.1 Å². The van der Waals surface area contributed by atoms with Crippen LogP contribution in [0.25, 0.3) is 10.9 Å². The van der Waals surface area contributed by atoms with Crippen LogP contribution in [0.4, 0.5) is 15.8 Å². The molecule has 8 nitrogen and oxygen atoms in total.